The Morgan fingerprint density at radius 1 is 1.10 bits per heavy atom. The molecule has 2 nitrogen and oxygen atoms in total. The van der Waals surface area contributed by atoms with Gasteiger partial charge >= 0.3 is 0 Å². The third-order valence-corrected chi connectivity index (χ3v) is 2.34. The summed E-state index contributed by atoms with van der Waals surface area (Å²) in [5.41, 5.74) is 0. The molecule has 0 aliphatic heterocycles. The zero-order valence-corrected chi connectivity index (χ0v) is 9.55. The van der Waals surface area contributed by atoms with Gasteiger partial charge in [0.1, 0.15) is 16.8 Å². The van der Waals surface area contributed by atoms with Gasteiger partial charge in [-0.15, -0.1) is 0 Å². The number of ether oxygens (including phenoxy) is 1. The predicted octanol–water partition coefficient (Wildman–Crippen LogP) is 0.690. The van der Waals surface area contributed by atoms with Gasteiger partial charge in [-0.2, -0.15) is 0 Å². The fraction of sp³-hybridized carbons (Fsp3) is 1.00. The van der Waals surface area contributed by atoms with Gasteiger partial charge in [-0.1, -0.05) is 13.8 Å². The van der Waals surface area contributed by atoms with Crippen molar-refractivity contribution < 1.29 is 9.16 Å². The van der Waals surface area contributed by atoms with Crippen molar-refractivity contribution in [1.29, 1.82) is 0 Å². The average molecular weight is 162 g/mol. The van der Waals surface area contributed by atoms with E-state index in [4.69, 9.17) is 9.16 Å². The van der Waals surface area contributed by atoms with Gasteiger partial charge in [-0.25, -0.2) is 0 Å². The summed E-state index contributed by atoms with van der Waals surface area (Å²) in [7, 11) is 0.749. The molecule has 0 amide bonds. The van der Waals surface area contributed by atoms with Crippen LogP contribution in [0.5, 0.6) is 0 Å². The summed E-state index contributed by atoms with van der Waals surface area (Å²) in [6.45, 7) is 8.29. The minimum atomic E-state index is -0.0240. The number of hydrogen-bond acceptors (Lipinski definition) is 2. The van der Waals surface area contributed by atoms with Gasteiger partial charge in [0.15, 0.2) is 0 Å². The molecule has 0 N–H and O–H groups in total. The van der Waals surface area contributed by atoms with Crippen LogP contribution in [0.25, 0.3) is 0 Å². The van der Waals surface area contributed by atoms with Gasteiger partial charge in [0.2, 0.25) is 0 Å². The van der Waals surface area contributed by atoms with Crippen LogP contribution in [0.2, 0.25) is 0 Å². The molecule has 0 saturated carbocycles. The van der Waals surface area contributed by atoms with E-state index in [0.29, 0.717) is 12.0 Å². The normalized spacial score (nSPS) is 17.7. The number of hydrogen-bond donors (Lipinski definition) is 0. The molecule has 0 aromatic rings. The molecular formula is C7H18O2Si. The highest BCUT2D eigenvalue weighted by Crippen LogP contribution is 2.07. The minimum absolute atomic E-state index is 0.0240. The zero-order chi connectivity index (χ0) is 8.15. The lowest BCUT2D eigenvalue weighted by atomic mass is 10.1. The average Bonchev–Trinajstić information content (AvgIpc) is 1.87. The standard InChI is InChI=1S/C7H18O2Si/c1-5(2)6(3)8-7(4)9-10/h5-7H,1-4,10H3. The fourth-order valence-electron chi connectivity index (χ4n) is 0.515. The molecule has 0 aliphatic carbocycles. The Morgan fingerprint density at radius 2 is 1.60 bits per heavy atom. The predicted molar refractivity (Wildman–Crippen MR) is 45.9 cm³/mol. The molecular weight excluding hydrogens is 144 g/mol. The first-order valence-electron chi connectivity index (χ1n) is 3.76. The fourth-order valence-corrected chi connectivity index (χ4v) is 0.626. The van der Waals surface area contributed by atoms with E-state index < -0.39 is 0 Å². The molecule has 62 valence electrons. The van der Waals surface area contributed by atoms with Crippen molar-refractivity contribution in [1.82, 2.24) is 0 Å². The maximum atomic E-state index is 5.47. The first-order valence-corrected chi connectivity index (χ1v) is 4.57. The largest absolute Gasteiger partial charge is 0.404 e. The lowest BCUT2D eigenvalue weighted by molar-refractivity contribution is -0.112. The molecule has 0 aliphatic rings. The number of rotatable bonds is 4. The molecule has 2 unspecified atom stereocenters. The highest BCUT2D eigenvalue weighted by atomic mass is 28.2. The molecule has 0 bridgehead atoms. The van der Waals surface area contributed by atoms with E-state index in [9.17, 15) is 0 Å². The quantitative estimate of drug-likeness (QED) is 0.447. The van der Waals surface area contributed by atoms with Gasteiger partial charge in [0, 0.05) is 0 Å². The highest BCUT2D eigenvalue weighted by Gasteiger charge is 2.09. The summed E-state index contributed by atoms with van der Waals surface area (Å²) in [4.78, 5) is 0. The van der Waals surface area contributed by atoms with Crippen molar-refractivity contribution >= 4 is 10.5 Å². The van der Waals surface area contributed by atoms with E-state index in [1.54, 1.807) is 0 Å². The molecule has 3 heteroatoms. The zero-order valence-electron chi connectivity index (χ0n) is 7.55. The summed E-state index contributed by atoms with van der Waals surface area (Å²) < 4.78 is 10.6. The van der Waals surface area contributed by atoms with Gasteiger partial charge in [-0.05, 0) is 19.8 Å². The third kappa shape index (κ3) is 4.03. The Hall–Kier alpha value is 0.137. The van der Waals surface area contributed by atoms with E-state index >= 15 is 0 Å². The molecule has 0 radical (unpaired) electrons. The molecule has 0 saturated heterocycles. The maximum absolute atomic E-state index is 5.47. The van der Waals surface area contributed by atoms with Gasteiger partial charge in [0.05, 0.1) is 6.10 Å². The van der Waals surface area contributed by atoms with Crippen molar-refractivity contribution in [2.75, 3.05) is 0 Å². The third-order valence-electron chi connectivity index (χ3n) is 1.68. The lowest BCUT2D eigenvalue weighted by Crippen LogP contribution is -2.23. The van der Waals surface area contributed by atoms with Crippen LogP contribution in [0.4, 0.5) is 0 Å². The summed E-state index contributed by atoms with van der Waals surface area (Å²) in [6.07, 6.45) is 0.271. The van der Waals surface area contributed by atoms with Crippen LogP contribution in [0.3, 0.4) is 0 Å². The van der Waals surface area contributed by atoms with Crippen LogP contribution < -0.4 is 0 Å². The van der Waals surface area contributed by atoms with Crippen LogP contribution in [0, 0.1) is 5.92 Å². The highest BCUT2D eigenvalue weighted by molar-refractivity contribution is 5.98. The van der Waals surface area contributed by atoms with Crippen molar-refractivity contribution in [2.24, 2.45) is 5.92 Å². The Labute approximate surface area is 66.5 Å². The van der Waals surface area contributed by atoms with Crippen molar-refractivity contribution in [3.05, 3.63) is 0 Å². The van der Waals surface area contributed by atoms with Crippen LogP contribution >= 0.6 is 0 Å². The SMILES string of the molecule is CC(O[SiH3])OC(C)C(C)C. The maximum Gasteiger partial charge on any atom is 0.149 e. The second kappa shape index (κ2) is 4.88. The van der Waals surface area contributed by atoms with E-state index in [1.807, 2.05) is 6.92 Å². The van der Waals surface area contributed by atoms with Crippen LogP contribution in [-0.4, -0.2) is 22.9 Å². The lowest BCUT2D eigenvalue weighted by Gasteiger charge is -2.20. The Balaban J connectivity index is 3.46. The van der Waals surface area contributed by atoms with Crippen molar-refractivity contribution in [2.45, 2.75) is 40.1 Å². The monoisotopic (exact) mass is 162 g/mol. The van der Waals surface area contributed by atoms with Crippen LogP contribution in [0.15, 0.2) is 0 Å². The Bertz CT molecular complexity index is 85.7. The molecule has 0 fully saturated rings. The van der Waals surface area contributed by atoms with Crippen LogP contribution in [-0.2, 0) is 9.16 Å². The summed E-state index contributed by atoms with van der Waals surface area (Å²) >= 11 is 0. The molecule has 0 aromatic heterocycles. The topological polar surface area (TPSA) is 18.5 Å². The van der Waals surface area contributed by atoms with E-state index in [-0.39, 0.29) is 6.29 Å². The summed E-state index contributed by atoms with van der Waals surface area (Å²) in [6, 6.07) is 0. The van der Waals surface area contributed by atoms with E-state index in [1.165, 1.54) is 0 Å². The minimum Gasteiger partial charge on any atom is -0.404 e. The van der Waals surface area contributed by atoms with Crippen molar-refractivity contribution in [3.8, 4) is 0 Å². The Morgan fingerprint density at radius 3 is 1.90 bits per heavy atom. The Kier molecular flexibility index (Phi) is 4.94. The van der Waals surface area contributed by atoms with Gasteiger partial charge in [-0.3, -0.25) is 0 Å². The van der Waals surface area contributed by atoms with Gasteiger partial charge in [0.25, 0.3) is 0 Å². The molecule has 0 rings (SSSR count). The molecule has 10 heavy (non-hydrogen) atoms. The van der Waals surface area contributed by atoms with Crippen LogP contribution in [0.1, 0.15) is 27.7 Å². The van der Waals surface area contributed by atoms with E-state index in [0.717, 1.165) is 10.5 Å². The van der Waals surface area contributed by atoms with Crippen molar-refractivity contribution in [3.63, 3.8) is 0 Å². The first kappa shape index (κ1) is 10.1. The first-order chi connectivity index (χ1) is 4.57. The molecule has 0 aromatic carbocycles. The summed E-state index contributed by atoms with van der Waals surface area (Å²) in [5, 5.41) is 0. The second-order valence-electron chi connectivity index (χ2n) is 2.89. The van der Waals surface area contributed by atoms with E-state index in [2.05, 4.69) is 20.8 Å². The summed E-state index contributed by atoms with van der Waals surface area (Å²) in [5.74, 6) is 0.569. The molecule has 2 atom stereocenters. The molecule has 0 heterocycles. The van der Waals surface area contributed by atoms with Gasteiger partial charge < -0.3 is 9.16 Å². The molecule has 0 spiro atoms. The second-order valence-corrected chi connectivity index (χ2v) is 3.36. The smallest absolute Gasteiger partial charge is 0.149 e.